The molecule has 1 rings (SSSR count). The summed E-state index contributed by atoms with van der Waals surface area (Å²) in [5.74, 6) is 1.38. The smallest absolute Gasteiger partial charge is 0.235 e. The third-order valence-electron chi connectivity index (χ3n) is 2.57. The van der Waals surface area contributed by atoms with Crippen LogP contribution in [0.1, 0.15) is 16.7 Å². The molecule has 4 heteroatoms. The molecule has 1 aromatic rings. The van der Waals surface area contributed by atoms with Crippen molar-refractivity contribution in [1.82, 2.24) is 0 Å². The van der Waals surface area contributed by atoms with E-state index >= 15 is 0 Å². The zero-order valence-electron chi connectivity index (χ0n) is 9.96. The number of hydrogen-bond donors (Lipinski definition) is 0. The van der Waals surface area contributed by atoms with Gasteiger partial charge < -0.3 is 9.47 Å². The van der Waals surface area contributed by atoms with Crippen LogP contribution in [-0.4, -0.2) is 20.3 Å². The highest BCUT2D eigenvalue weighted by Gasteiger charge is 2.13. The van der Waals surface area contributed by atoms with Crippen molar-refractivity contribution in [2.24, 2.45) is 4.99 Å². The quantitative estimate of drug-likeness (QED) is 0.578. The lowest BCUT2D eigenvalue weighted by atomic mass is 10.0. The first-order valence-electron chi connectivity index (χ1n) is 4.90. The monoisotopic (exact) mass is 221 g/mol. The summed E-state index contributed by atoms with van der Waals surface area (Å²) in [5, 5.41) is 0. The molecule has 16 heavy (non-hydrogen) atoms. The van der Waals surface area contributed by atoms with E-state index in [1.54, 1.807) is 14.2 Å². The van der Waals surface area contributed by atoms with Crippen molar-refractivity contribution in [2.45, 2.75) is 20.4 Å². The SMILES string of the molecule is COc1cc(C)c(CN=C=O)c(C)c1OC. The van der Waals surface area contributed by atoms with Gasteiger partial charge in [0.05, 0.1) is 20.8 Å². The minimum atomic E-state index is 0.321. The van der Waals surface area contributed by atoms with Gasteiger partial charge in [0.2, 0.25) is 6.08 Å². The summed E-state index contributed by atoms with van der Waals surface area (Å²) in [6.07, 6.45) is 1.54. The lowest BCUT2D eigenvalue weighted by Crippen LogP contribution is -1.99. The fourth-order valence-electron chi connectivity index (χ4n) is 1.73. The maximum absolute atomic E-state index is 10.1. The predicted molar refractivity (Wildman–Crippen MR) is 60.8 cm³/mol. The molecule has 0 atom stereocenters. The van der Waals surface area contributed by atoms with Gasteiger partial charge in [-0.15, -0.1) is 0 Å². The predicted octanol–water partition coefficient (Wildman–Crippen LogP) is 2.16. The Labute approximate surface area is 94.9 Å². The van der Waals surface area contributed by atoms with Crippen LogP contribution >= 0.6 is 0 Å². The second kappa shape index (κ2) is 5.33. The first kappa shape index (κ1) is 12.3. The standard InChI is InChI=1S/C12H15NO3/c1-8-5-11(15-3)12(16-4)9(2)10(8)6-13-7-14/h5H,6H2,1-4H3. The van der Waals surface area contributed by atoms with Gasteiger partial charge in [-0.1, -0.05) is 0 Å². The summed E-state index contributed by atoms with van der Waals surface area (Å²) >= 11 is 0. The van der Waals surface area contributed by atoms with E-state index in [0.29, 0.717) is 18.0 Å². The molecule has 0 aliphatic carbocycles. The van der Waals surface area contributed by atoms with E-state index in [9.17, 15) is 4.79 Å². The second-order valence-corrected chi connectivity index (χ2v) is 3.44. The van der Waals surface area contributed by atoms with Crippen LogP contribution in [-0.2, 0) is 11.3 Å². The lowest BCUT2D eigenvalue weighted by molar-refractivity contribution is 0.352. The molecule has 0 aliphatic heterocycles. The van der Waals surface area contributed by atoms with Crippen molar-refractivity contribution in [3.05, 3.63) is 22.8 Å². The van der Waals surface area contributed by atoms with Gasteiger partial charge in [-0.3, -0.25) is 0 Å². The van der Waals surface area contributed by atoms with E-state index in [4.69, 9.17) is 9.47 Å². The van der Waals surface area contributed by atoms with Crippen molar-refractivity contribution < 1.29 is 14.3 Å². The molecule has 0 spiro atoms. The van der Waals surface area contributed by atoms with E-state index in [1.807, 2.05) is 19.9 Å². The number of hydrogen-bond acceptors (Lipinski definition) is 4. The van der Waals surface area contributed by atoms with Crippen LogP contribution in [0.2, 0.25) is 0 Å². The number of aryl methyl sites for hydroxylation is 1. The van der Waals surface area contributed by atoms with Crippen LogP contribution in [0, 0.1) is 13.8 Å². The van der Waals surface area contributed by atoms with Crippen LogP contribution in [0.4, 0.5) is 0 Å². The van der Waals surface area contributed by atoms with E-state index in [0.717, 1.165) is 16.7 Å². The molecule has 0 saturated carbocycles. The van der Waals surface area contributed by atoms with Gasteiger partial charge in [0.15, 0.2) is 11.5 Å². The average Bonchev–Trinajstić information content (AvgIpc) is 2.28. The molecule has 1 aromatic carbocycles. The highest BCUT2D eigenvalue weighted by Crippen LogP contribution is 2.35. The van der Waals surface area contributed by atoms with E-state index in [1.165, 1.54) is 6.08 Å². The summed E-state index contributed by atoms with van der Waals surface area (Å²) in [4.78, 5) is 13.7. The Morgan fingerprint density at radius 1 is 1.31 bits per heavy atom. The lowest BCUT2D eigenvalue weighted by Gasteiger charge is -2.15. The van der Waals surface area contributed by atoms with E-state index in [-0.39, 0.29) is 0 Å². The molecular weight excluding hydrogens is 206 g/mol. The highest BCUT2D eigenvalue weighted by molar-refractivity contribution is 5.54. The van der Waals surface area contributed by atoms with Crippen LogP contribution in [0.5, 0.6) is 11.5 Å². The van der Waals surface area contributed by atoms with Crippen LogP contribution < -0.4 is 9.47 Å². The summed E-state index contributed by atoms with van der Waals surface area (Å²) in [7, 11) is 3.19. The second-order valence-electron chi connectivity index (χ2n) is 3.44. The Morgan fingerprint density at radius 2 is 2.00 bits per heavy atom. The Bertz CT molecular complexity index is 434. The summed E-state index contributed by atoms with van der Waals surface area (Å²) in [5.41, 5.74) is 2.94. The fraction of sp³-hybridized carbons (Fsp3) is 0.417. The minimum absolute atomic E-state index is 0.321. The maximum Gasteiger partial charge on any atom is 0.235 e. The first-order valence-corrected chi connectivity index (χ1v) is 4.90. The maximum atomic E-state index is 10.1. The minimum Gasteiger partial charge on any atom is -0.493 e. The number of nitrogens with zero attached hydrogens (tertiary/aromatic N) is 1. The summed E-state index contributed by atoms with van der Waals surface area (Å²) in [6.45, 7) is 4.19. The molecule has 0 radical (unpaired) electrons. The van der Waals surface area contributed by atoms with Crippen molar-refractivity contribution >= 4 is 6.08 Å². The first-order chi connectivity index (χ1) is 7.65. The molecule has 0 fully saturated rings. The highest BCUT2D eigenvalue weighted by atomic mass is 16.5. The van der Waals surface area contributed by atoms with Crippen LogP contribution in [0.3, 0.4) is 0 Å². The molecule has 0 saturated heterocycles. The molecule has 0 bridgehead atoms. The normalized spacial score (nSPS) is 9.50. The Hall–Kier alpha value is -1.80. The van der Waals surface area contributed by atoms with Crippen molar-refractivity contribution in [3.63, 3.8) is 0 Å². The Kier molecular flexibility index (Phi) is 4.09. The number of rotatable bonds is 4. The molecule has 0 unspecified atom stereocenters. The van der Waals surface area contributed by atoms with Gasteiger partial charge in [-0.05, 0) is 31.0 Å². The van der Waals surface area contributed by atoms with Gasteiger partial charge in [0.25, 0.3) is 0 Å². The van der Waals surface area contributed by atoms with Crippen molar-refractivity contribution in [3.8, 4) is 11.5 Å². The zero-order valence-corrected chi connectivity index (χ0v) is 9.96. The zero-order chi connectivity index (χ0) is 12.1. The summed E-state index contributed by atoms with van der Waals surface area (Å²) < 4.78 is 10.5. The number of aliphatic imine (C=N–C) groups is 1. The third kappa shape index (κ3) is 2.23. The number of ether oxygens (including phenoxy) is 2. The Balaban J connectivity index is 3.34. The molecule has 0 amide bonds. The number of isocyanates is 1. The molecule has 86 valence electrons. The molecule has 0 N–H and O–H groups in total. The van der Waals surface area contributed by atoms with Gasteiger partial charge in [0.1, 0.15) is 0 Å². The third-order valence-corrected chi connectivity index (χ3v) is 2.57. The van der Waals surface area contributed by atoms with Crippen LogP contribution in [0.15, 0.2) is 11.1 Å². The molecular formula is C12H15NO3. The van der Waals surface area contributed by atoms with E-state index in [2.05, 4.69) is 4.99 Å². The largest absolute Gasteiger partial charge is 0.493 e. The van der Waals surface area contributed by atoms with Gasteiger partial charge in [-0.2, -0.15) is 0 Å². The van der Waals surface area contributed by atoms with Crippen molar-refractivity contribution in [1.29, 1.82) is 0 Å². The number of benzene rings is 1. The van der Waals surface area contributed by atoms with Gasteiger partial charge in [0, 0.05) is 5.56 Å². The average molecular weight is 221 g/mol. The van der Waals surface area contributed by atoms with Crippen LogP contribution in [0.25, 0.3) is 0 Å². The van der Waals surface area contributed by atoms with Crippen molar-refractivity contribution in [2.75, 3.05) is 14.2 Å². The van der Waals surface area contributed by atoms with E-state index < -0.39 is 0 Å². The van der Waals surface area contributed by atoms with Gasteiger partial charge >= 0.3 is 0 Å². The fourth-order valence-corrected chi connectivity index (χ4v) is 1.73. The summed E-state index contributed by atoms with van der Waals surface area (Å²) in [6, 6.07) is 1.88. The topological polar surface area (TPSA) is 47.9 Å². The number of methoxy groups -OCH3 is 2. The van der Waals surface area contributed by atoms with Gasteiger partial charge in [-0.25, -0.2) is 9.79 Å². The Morgan fingerprint density at radius 3 is 2.50 bits per heavy atom. The number of carbonyl (C=O) groups excluding carboxylic acids is 1. The molecule has 4 nitrogen and oxygen atoms in total. The molecule has 0 heterocycles. The molecule has 0 aromatic heterocycles. The molecule has 0 aliphatic rings.